The molecular weight excluding hydrogens is 228 g/mol. The summed E-state index contributed by atoms with van der Waals surface area (Å²) in [6.45, 7) is 6.71. The second-order valence-electron chi connectivity index (χ2n) is 5.98. The van der Waals surface area contributed by atoms with Crippen LogP contribution in [0, 0.1) is 5.41 Å². The van der Waals surface area contributed by atoms with Crippen molar-refractivity contribution in [1.82, 2.24) is 9.80 Å². The van der Waals surface area contributed by atoms with E-state index in [4.69, 9.17) is 5.11 Å². The van der Waals surface area contributed by atoms with Crippen molar-refractivity contribution >= 4 is 5.91 Å². The van der Waals surface area contributed by atoms with E-state index in [9.17, 15) is 4.79 Å². The number of carbonyl (C=O) groups is 1. The zero-order valence-corrected chi connectivity index (χ0v) is 11.5. The smallest absolute Gasteiger partial charge is 0.228 e. The highest BCUT2D eigenvalue weighted by atomic mass is 16.3. The normalized spacial score (nSPS) is 25.1. The molecule has 1 saturated heterocycles. The molecule has 0 aromatic heterocycles. The van der Waals surface area contributed by atoms with Gasteiger partial charge in [0, 0.05) is 31.6 Å². The summed E-state index contributed by atoms with van der Waals surface area (Å²) >= 11 is 0. The molecule has 1 amide bonds. The fourth-order valence-electron chi connectivity index (χ4n) is 3.29. The Balaban J connectivity index is 1.91. The fraction of sp³-hybridized carbons (Fsp3) is 0.929. The van der Waals surface area contributed by atoms with E-state index in [0.717, 1.165) is 52.0 Å². The summed E-state index contributed by atoms with van der Waals surface area (Å²) in [4.78, 5) is 16.9. The lowest BCUT2D eigenvalue weighted by molar-refractivity contribution is -0.140. The Bertz CT molecular complexity index is 288. The third kappa shape index (κ3) is 3.04. The van der Waals surface area contributed by atoms with Gasteiger partial charge in [0.15, 0.2) is 0 Å². The summed E-state index contributed by atoms with van der Waals surface area (Å²) in [6, 6.07) is 0. The average Bonchev–Trinajstić information content (AvgIpc) is 2.68. The fourth-order valence-corrected chi connectivity index (χ4v) is 3.29. The maximum Gasteiger partial charge on any atom is 0.228 e. The summed E-state index contributed by atoms with van der Waals surface area (Å²) in [5, 5.41) is 8.98. The van der Waals surface area contributed by atoms with Crippen LogP contribution in [0.4, 0.5) is 0 Å². The summed E-state index contributed by atoms with van der Waals surface area (Å²) in [6.07, 6.45) is 5.55. The van der Waals surface area contributed by atoms with Gasteiger partial charge in [-0.05, 0) is 25.8 Å². The number of carbonyl (C=O) groups excluding carboxylic acids is 1. The van der Waals surface area contributed by atoms with Gasteiger partial charge in [-0.25, -0.2) is 0 Å². The lowest BCUT2D eigenvalue weighted by atomic mass is 9.87. The van der Waals surface area contributed by atoms with E-state index in [1.54, 1.807) is 0 Å². The number of amides is 1. The molecule has 2 aliphatic rings. The van der Waals surface area contributed by atoms with Crippen LogP contribution in [0.15, 0.2) is 0 Å². The molecule has 1 N–H and O–H groups in total. The first-order valence-electron chi connectivity index (χ1n) is 7.28. The number of hydrogen-bond donors (Lipinski definition) is 1. The number of β-amino-alcohol motifs (C(OH)–C–C–N with tert-alkyl or cyclic N) is 1. The van der Waals surface area contributed by atoms with E-state index in [1.165, 1.54) is 12.8 Å². The zero-order valence-electron chi connectivity index (χ0n) is 11.5. The van der Waals surface area contributed by atoms with E-state index >= 15 is 0 Å². The molecule has 2 fully saturated rings. The molecule has 104 valence electrons. The minimum atomic E-state index is -0.0911. The van der Waals surface area contributed by atoms with E-state index < -0.39 is 0 Å². The highest BCUT2D eigenvalue weighted by Gasteiger charge is 2.39. The van der Waals surface area contributed by atoms with Gasteiger partial charge in [0.2, 0.25) is 5.91 Å². The van der Waals surface area contributed by atoms with Crippen molar-refractivity contribution < 1.29 is 9.90 Å². The SMILES string of the molecule is CC1(C(=O)N2CCCN(CCO)CC2)CCCC1. The lowest BCUT2D eigenvalue weighted by Gasteiger charge is -2.31. The maximum absolute atomic E-state index is 12.6. The van der Waals surface area contributed by atoms with Crippen LogP contribution in [0.2, 0.25) is 0 Å². The van der Waals surface area contributed by atoms with Crippen molar-refractivity contribution in [3.05, 3.63) is 0 Å². The first-order chi connectivity index (χ1) is 8.65. The summed E-state index contributed by atoms with van der Waals surface area (Å²) < 4.78 is 0. The van der Waals surface area contributed by atoms with Gasteiger partial charge >= 0.3 is 0 Å². The average molecular weight is 254 g/mol. The molecule has 0 aromatic rings. The van der Waals surface area contributed by atoms with Crippen LogP contribution in [0.3, 0.4) is 0 Å². The predicted octanol–water partition coefficient (Wildman–Crippen LogP) is 1.09. The minimum absolute atomic E-state index is 0.0911. The molecule has 2 rings (SSSR count). The first-order valence-corrected chi connectivity index (χ1v) is 7.28. The summed E-state index contributed by atoms with van der Waals surface area (Å²) in [5.41, 5.74) is -0.0911. The Hall–Kier alpha value is -0.610. The van der Waals surface area contributed by atoms with Crippen LogP contribution in [0.25, 0.3) is 0 Å². The predicted molar refractivity (Wildman–Crippen MR) is 71.3 cm³/mol. The van der Waals surface area contributed by atoms with Gasteiger partial charge in [-0.3, -0.25) is 9.69 Å². The minimum Gasteiger partial charge on any atom is -0.395 e. The number of hydrogen-bond acceptors (Lipinski definition) is 3. The van der Waals surface area contributed by atoms with E-state index in [0.29, 0.717) is 5.91 Å². The topological polar surface area (TPSA) is 43.8 Å². The third-order valence-electron chi connectivity index (χ3n) is 4.52. The number of rotatable bonds is 3. The van der Waals surface area contributed by atoms with Crippen LogP contribution in [0.5, 0.6) is 0 Å². The number of aliphatic hydroxyl groups excluding tert-OH is 1. The Morgan fingerprint density at radius 1 is 1.11 bits per heavy atom. The van der Waals surface area contributed by atoms with Crippen LogP contribution in [0.1, 0.15) is 39.0 Å². The second kappa shape index (κ2) is 6.02. The van der Waals surface area contributed by atoms with Crippen molar-refractivity contribution in [1.29, 1.82) is 0 Å². The quantitative estimate of drug-likeness (QED) is 0.820. The molecular formula is C14H26N2O2. The van der Waals surface area contributed by atoms with Gasteiger partial charge in [0.25, 0.3) is 0 Å². The molecule has 1 aliphatic heterocycles. The van der Waals surface area contributed by atoms with Gasteiger partial charge in [0.05, 0.1) is 6.61 Å². The zero-order chi connectivity index (χ0) is 13.0. The molecule has 1 heterocycles. The van der Waals surface area contributed by atoms with Gasteiger partial charge in [0.1, 0.15) is 0 Å². The molecule has 0 spiro atoms. The maximum atomic E-state index is 12.6. The van der Waals surface area contributed by atoms with E-state index in [2.05, 4.69) is 16.7 Å². The molecule has 0 atom stereocenters. The van der Waals surface area contributed by atoms with Gasteiger partial charge in [-0.2, -0.15) is 0 Å². The standard InChI is InChI=1S/C14H26N2O2/c1-14(5-2-3-6-14)13(18)16-8-4-7-15(9-10-16)11-12-17/h17H,2-12H2,1H3. The molecule has 4 nitrogen and oxygen atoms in total. The monoisotopic (exact) mass is 254 g/mol. The molecule has 0 unspecified atom stereocenters. The Morgan fingerprint density at radius 2 is 1.83 bits per heavy atom. The molecule has 0 bridgehead atoms. The summed E-state index contributed by atoms with van der Waals surface area (Å²) in [5.74, 6) is 0.367. The van der Waals surface area contributed by atoms with Gasteiger partial charge in [-0.15, -0.1) is 0 Å². The molecule has 4 heteroatoms. The van der Waals surface area contributed by atoms with Crippen LogP contribution < -0.4 is 0 Å². The molecule has 0 aromatic carbocycles. The molecule has 1 saturated carbocycles. The Labute approximate surface area is 110 Å². The highest BCUT2D eigenvalue weighted by molar-refractivity contribution is 5.82. The van der Waals surface area contributed by atoms with Crippen LogP contribution in [-0.2, 0) is 4.79 Å². The Morgan fingerprint density at radius 3 is 2.50 bits per heavy atom. The Kier molecular flexibility index (Phi) is 4.62. The summed E-state index contributed by atoms with van der Waals surface area (Å²) in [7, 11) is 0. The van der Waals surface area contributed by atoms with E-state index in [1.807, 2.05) is 0 Å². The van der Waals surface area contributed by atoms with Gasteiger partial charge in [-0.1, -0.05) is 19.8 Å². The van der Waals surface area contributed by atoms with Crippen molar-refractivity contribution in [3.8, 4) is 0 Å². The van der Waals surface area contributed by atoms with Crippen LogP contribution >= 0.6 is 0 Å². The van der Waals surface area contributed by atoms with Crippen molar-refractivity contribution in [2.24, 2.45) is 5.41 Å². The molecule has 1 aliphatic carbocycles. The van der Waals surface area contributed by atoms with Gasteiger partial charge < -0.3 is 10.0 Å². The van der Waals surface area contributed by atoms with Crippen LogP contribution in [-0.4, -0.2) is 60.1 Å². The second-order valence-corrected chi connectivity index (χ2v) is 5.98. The molecule has 18 heavy (non-hydrogen) atoms. The highest BCUT2D eigenvalue weighted by Crippen LogP contribution is 2.39. The molecule has 0 radical (unpaired) electrons. The van der Waals surface area contributed by atoms with E-state index in [-0.39, 0.29) is 12.0 Å². The third-order valence-corrected chi connectivity index (χ3v) is 4.52. The number of aliphatic hydroxyl groups is 1. The number of nitrogens with zero attached hydrogens (tertiary/aromatic N) is 2. The largest absolute Gasteiger partial charge is 0.395 e. The lowest BCUT2D eigenvalue weighted by Crippen LogP contribution is -2.43. The van der Waals surface area contributed by atoms with Crippen molar-refractivity contribution in [3.63, 3.8) is 0 Å². The van der Waals surface area contributed by atoms with Crippen molar-refractivity contribution in [2.75, 3.05) is 39.3 Å². The van der Waals surface area contributed by atoms with Crippen molar-refractivity contribution in [2.45, 2.75) is 39.0 Å². The first kappa shape index (κ1) is 13.8.